The van der Waals surface area contributed by atoms with Crippen LogP contribution >= 0.6 is 0 Å². The molecule has 0 aromatic carbocycles. The van der Waals surface area contributed by atoms with Crippen molar-refractivity contribution in [2.75, 3.05) is 6.61 Å². The molecule has 1 heterocycles. The van der Waals surface area contributed by atoms with E-state index in [0.29, 0.717) is 18.6 Å². The number of hydrogen-bond donors (Lipinski definition) is 0. The topological polar surface area (TPSA) is 38.8 Å². The van der Waals surface area contributed by atoms with Crippen molar-refractivity contribution < 1.29 is 14.3 Å². The Morgan fingerprint density at radius 3 is 2.53 bits per heavy atom. The Morgan fingerprint density at radius 1 is 1.47 bits per heavy atom. The molecule has 0 aliphatic carbocycles. The van der Waals surface area contributed by atoms with Crippen LogP contribution in [0.4, 0.5) is 0 Å². The van der Waals surface area contributed by atoms with Gasteiger partial charge in [-0.25, -0.2) is 0 Å². The van der Waals surface area contributed by atoms with E-state index in [2.05, 4.69) is 20.8 Å². The van der Waals surface area contributed by atoms with Crippen LogP contribution in [0.15, 0.2) is 0 Å². The molecule has 1 rings (SSSR count). The quantitative estimate of drug-likeness (QED) is 0.504. The van der Waals surface area contributed by atoms with Gasteiger partial charge in [0.05, 0.1) is 18.3 Å². The maximum Gasteiger partial charge on any atom is 0.302 e. The van der Waals surface area contributed by atoms with Gasteiger partial charge in [-0.2, -0.15) is 0 Å². The number of hydrogen-bond acceptors (Lipinski definition) is 3. The summed E-state index contributed by atoms with van der Waals surface area (Å²) in [5, 5.41) is 0. The predicted molar refractivity (Wildman–Crippen MR) is 58.6 cm³/mol. The normalized spacial score (nSPS) is 24.7. The molecule has 0 saturated carbocycles. The van der Waals surface area contributed by atoms with Gasteiger partial charge in [-0.1, -0.05) is 6.92 Å². The highest BCUT2D eigenvalue weighted by molar-refractivity contribution is 5.65. The van der Waals surface area contributed by atoms with Gasteiger partial charge in [0.1, 0.15) is 0 Å². The summed E-state index contributed by atoms with van der Waals surface area (Å²) in [5.74, 6) is 0.415. The summed E-state index contributed by atoms with van der Waals surface area (Å²) in [5.41, 5.74) is 0.107. The molecular weight excluding hydrogens is 192 g/mol. The fourth-order valence-corrected chi connectivity index (χ4v) is 1.72. The highest BCUT2D eigenvalue weighted by Gasteiger charge is 2.46. The second-order valence-electron chi connectivity index (χ2n) is 5.02. The average Bonchev–Trinajstić information content (AvgIpc) is 2.70. The summed E-state index contributed by atoms with van der Waals surface area (Å²) >= 11 is 0. The van der Waals surface area contributed by atoms with Gasteiger partial charge >= 0.3 is 5.97 Å². The molecule has 0 aromatic heterocycles. The van der Waals surface area contributed by atoms with Gasteiger partial charge in [-0.3, -0.25) is 4.79 Å². The van der Waals surface area contributed by atoms with Crippen molar-refractivity contribution in [1.82, 2.24) is 0 Å². The van der Waals surface area contributed by atoms with E-state index in [9.17, 15) is 4.79 Å². The Morgan fingerprint density at radius 2 is 2.07 bits per heavy atom. The van der Waals surface area contributed by atoms with E-state index < -0.39 is 0 Å². The first-order valence-corrected chi connectivity index (χ1v) is 5.73. The van der Waals surface area contributed by atoms with Gasteiger partial charge in [-0.05, 0) is 39.0 Å². The zero-order chi connectivity index (χ0) is 11.5. The van der Waals surface area contributed by atoms with E-state index in [-0.39, 0.29) is 11.6 Å². The first kappa shape index (κ1) is 12.5. The number of carbonyl (C=O) groups is 1. The maximum absolute atomic E-state index is 10.5. The molecule has 0 radical (unpaired) electrons. The van der Waals surface area contributed by atoms with Gasteiger partial charge in [0.15, 0.2) is 0 Å². The Hall–Kier alpha value is -0.570. The van der Waals surface area contributed by atoms with Gasteiger partial charge < -0.3 is 9.47 Å². The smallest absolute Gasteiger partial charge is 0.302 e. The Balaban J connectivity index is 1.99. The van der Waals surface area contributed by atoms with E-state index in [0.717, 1.165) is 19.3 Å². The lowest BCUT2D eigenvalue weighted by Crippen LogP contribution is -2.08. The fourth-order valence-electron chi connectivity index (χ4n) is 1.72. The summed E-state index contributed by atoms with van der Waals surface area (Å²) in [6.07, 6.45) is 3.66. The van der Waals surface area contributed by atoms with Gasteiger partial charge in [0.25, 0.3) is 0 Å². The van der Waals surface area contributed by atoms with Crippen LogP contribution in [0.2, 0.25) is 0 Å². The van der Waals surface area contributed by atoms with Crippen LogP contribution < -0.4 is 0 Å². The number of epoxide rings is 1. The summed E-state index contributed by atoms with van der Waals surface area (Å²) in [6.45, 7) is 8.44. The number of esters is 1. The van der Waals surface area contributed by atoms with Crippen molar-refractivity contribution in [2.24, 2.45) is 5.92 Å². The molecule has 1 aliphatic rings. The highest BCUT2D eigenvalue weighted by atomic mass is 16.6. The first-order chi connectivity index (χ1) is 6.92. The molecule has 1 fully saturated rings. The summed E-state index contributed by atoms with van der Waals surface area (Å²) in [7, 11) is 0. The number of carbonyl (C=O) groups excluding carboxylic acids is 1. The van der Waals surface area contributed by atoms with Crippen molar-refractivity contribution in [3.8, 4) is 0 Å². The van der Waals surface area contributed by atoms with E-state index in [1.165, 1.54) is 6.92 Å². The van der Waals surface area contributed by atoms with Gasteiger partial charge in [-0.15, -0.1) is 0 Å². The third kappa shape index (κ3) is 4.65. The zero-order valence-corrected chi connectivity index (χ0v) is 10.2. The van der Waals surface area contributed by atoms with Crippen molar-refractivity contribution in [3.63, 3.8) is 0 Å². The average molecular weight is 214 g/mol. The lowest BCUT2D eigenvalue weighted by molar-refractivity contribution is -0.141. The predicted octanol–water partition coefficient (Wildman–Crippen LogP) is 2.53. The highest BCUT2D eigenvalue weighted by Crippen LogP contribution is 2.39. The van der Waals surface area contributed by atoms with Crippen LogP contribution in [0.1, 0.15) is 47.0 Å². The Bertz CT molecular complexity index is 223. The molecule has 0 spiro atoms. The van der Waals surface area contributed by atoms with E-state index >= 15 is 0 Å². The number of rotatable bonds is 6. The fraction of sp³-hybridized carbons (Fsp3) is 0.917. The minimum Gasteiger partial charge on any atom is -0.466 e. The molecule has 3 heteroatoms. The molecule has 0 N–H and O–H groups in total. The minimum atomic E-state index is -0.186. The maximum atomic E-state index is 10.5. The van der Waals surface area contributed by atoms with Crippen LogP contribution in [0.5, 0.6) is 0 Å². The molecule has 0 unspecified atom stereocenters. The van der Waals surface area contributed by atoms with Gasteiger partial charge in [0.2, 0.25) is 0 Å². The Labute approximate surface area is 92.1 Å². The molecule has 0 aromatic rings. The van der Waals surface area contributed by atoms with E-state index in [4.69, 9.17) is 9.47 Å². The first-order valence-electron chi connectivity index (χ1n) is 5.73. The number of ether oxygens (including phenoxy) is 2. The monoisotopic (exact) mass is 214 g/mol. The molecule has 0 bridgehead atoms. The molecule has 1 aliphatic heterocycles. The lowest BCUT2D eigenvalue weighted by Gasteiger charge is -2.10. The van der Waals surface area contributed by atoms with Crippen LogP contribution in [-0.2, 0) is 14.3 Å². The molecule has 1 saturated heterocycles. The van der Waals surface area contributed by atoms with Crippen LogP contribution in [-0.4, -0.2) is 24.3 Å². The van der Waals surface area contributed by atoms with Crippen LogP contribution in [0.3, 0.4) is 0 Å². The second kappa shape index (κ2) is 4.97. The van der Waals surface area contributed by atoms with Crippen molar-refractivity contribution >= 4 is 5.97 Å². The summed E-state index contributed by atoms with van der Waals surface area (Å²) in [6, 6.07) is 0. The minimum absolute atomic E-state index is 0.107. The molecule has 15 heavy (non-hydrogen) atoms. The molecular formula is C12H22O3. The second-order valence-corrected chi connectivity index (χ2v) is 5.02. The lowest BCUT2D eigenvalue weighted by atomic mass is 9.98. The van der Waals surface area contributed by atoms with Crippen LogP contribution in [0.25, 0.3) is 0 Å². The van der Waals surface area contributed by atoms with Gasteiger partial charge in [0, 0.05) is 6.92 Å². The van der Waals surface area contributed by atoms with Crippen LogP contribution in [0, 0.1) is 5.92 Å². The summed E-state index contributed by atoms with van der Waals surface area (Å²) in [4.78, 5) is 10.5. The third-order valence-electron chi connectivity index (χ3n) is 3.00. The zero-order valence-electron chi connectivity index (χ0n) is 10.2. The molecule has 88 valence electrons. The third-order valence-corrected chi connectivity index (χ3v) is 3.00. The molecule has 2 atom stereocenters. The Kier molecular flexibility index (Phi) is 4.14. The van der Waals surface area contributed by atoms with Crippen molar-refractivity contribution in [1.29, 1.82) is 0 Å². The molecule has 0 amide bonds. The standard InChI is InChI=1S/C12H22O3/c1-9(7-8-14-10(2)13)5-6-11-12(3,4)15-11/h9,11H,5-8H2,1-4H3/t9-,11+/m1/s1. The van der Waals surface area contributed by atoms with Crippen molar-refractivity contribution in [2.45, 2.75) is 58.7 Å². The SMILES string of the molecule is CC(=O)OCC[C@H](C)CC[C@@H]1OC1(C)C. The van der Waals surface area contributed by atoms with E-state index in [1.807, 2.05) is 0 Å². The molecule has 3 nitrogen and oxygen atoms in total. The largest absolute Gasteiger partial charge is 0.466 e. The van der Waals surface area contributed by atoms with E-state index in [1.54, 1.807) is 0 Å². The summed E-state index contributed by atoms with van der Waals surface area (Å²) < 4.78 is 10.4. The van der Waals surface area contributed by atoms with Crippen molar-refractivity contribution in [3.05, 3.63) is 0 Å².